The van der Waals surface area contributed by atoms with Gasteiger partial charge in [0.2, 0.25) is 6.04 Å². The van der Waals surface area contributed by atoms with E-state index in [1.807, 2.05) is 6.07 Å². The van der Waals surface area contributed by atoms with E-state index in [0.29, 0.717) is 6.04 Å². The summed E-state index contributed by atoms with van der Waals surface area (Å²) < 4.78 is 0. The van der Waals surface area contributed by atoms with Gasteiger partial charge in [0.25, 0.3) is 0 Å². The first-order valence-corrected chi connectivity index (χ1v) is 2.15. The van der Waals surface area contributed by atoms with Crippen LogP contribution in [0.25, 0.3) is 0 Å². The van der Waals surface area contributed by atoms with Crippen LogP contribution >= 0.6 is 0 Å². The minimum absolute atomic E-state index is 0.479. The van der Waals surface area contributed by atoms with Gasteiger partial charge < -0.3 is 5.32 Å². The van der Waals surface area contributed by atoms with Crippen molar-refractivity contribution in [3.05, 3.63) is 18.4 Å². The molecule has 1 aliphatic heterocycles. The van der Waals surface area contributed by atoms with Crippen LogP contribution in [0, 0.1) is 17.4 Å². The summed E-state index contributed by atoms with van der Waals surface area (Å²) in [5.74, 6) is 0. The molecule has 39 valence electrons. The third kappa shape index (κ3) is 0.850. The molecule has 1 heterocycles. The van der Waals surface area contributed by atoms with E-state index in [4.69, 9.17) is 5.26 Å². The molecule has 0 spiro atoms. The third-order valence-electron chi connectivity index (χ3n) is 0.724. The van der Waals surface area contributed by atoms with Gasteiger partial charge in [0.05, 0.1) is 0 Å². The zero-order chi connectivity index (χ0) is 5.82. The molecule has 0 unspecified atom stereocenters. The van der Waals surface area contributed by atoms with Crippen molar-refractivity contribution in [1.29, 1.82) is 5.26 Å². The second-order valence-electron chi connectivity index (χ2n) is 1.26. The van der Waals surface area contributed by atoms with E-state index in [1.165, 1.54) is 6.21 Å². The highest BCUT2D eigenvalue weighted by molar-refractivity contribution is 5.79. The highest BCUT2D eigenvalue weighted by Gasteiger charge is 2.01. The monoisotopic (exact) mass is 106 g/mol. The Morgan fingerprint density at radius 2 is 2.62 bits per heavy atom. The first-order valence-electron chi connectivity index (χ1n) is 2.15. The lowest BCUT2D eigenvalue weighted by atomic mass is 10.3. The van der Waals surface area contributed by atoms with Crippen LogP contribution in [-0.4, -0.2) is 6.21 Å². The smallest absolute Gasteiger partial charge is 0.202 e. The molecule has 0 aromatic carbocycles. The van der Waals surface area contributed by atoms with Crippen molar-refractivity contribution >= 4 is 6.21 Å². The fourth-order valence-corrected chi connectivity index (χ4v) is 0.386. The van der Waals surface area contributed by atoms with Gasteiger partial charge >= 0.3 is 0 Å². The standard InChI is InChI=1S/C5H4N3/c6-3-5-4-7-1-2-8-5/h1-2,4,8H. The fraction of sp³-hybridized carbons (Fsp3) is 0. The van der Waals surface area contributed by atoms with E-state index in [1.54, 1.807) is 12.4 Å². The molecule has 0 aromatic heterocycles. The molecule has 3 heteroatoms. The molecule has 0 aliphatic carbocycles. The van der Waals surface area contributed by atoms with Crippen molar-refractivity contribution in [3.8, 4) is 6.07 Å². The zero-order valence-electron chi connectivity index (χ0n) is 4.13. The van der Waals surface area contributed by atoms with Crippen LogP contribution in [0.5, 0.6) is 0 Å². The van der Waals surface area contributed by atoms with E-state index in [0.717, 1.165) is 0 Å². The average Bonchev–Trinajstić information content (AvgIpc) is 1.90. The maximum atomic E-state index is 8.22. The zero-order valence-corrected chi connectivity index (χ0v) is 4.13. The predicted molar refractivity (Wildman–Crippen MR) is 29.6 cm³/mol. The third-order valence-corrected chi connectivity index (χ3v) is 0.724. The minimum atomic E-state index is 0.479. The molecule has 0 saturated heterocycles. The van der Waals surface area contributed by atoms with Crippen molar-refractivity contribution in [2.24, 2.45) is 4.99 Å². The molecular weight excluding hydrogens is 102 g/mol. The molecule has 0 bridgehead atoms. The molecule has 1 N–H and O–H groups in total. The minimum Gasteiger partial charge on any atom is -0.365 e. The van der Waals surface area contributed by atoms with Crippen LogP contribution in [-0.2, 0) is 0 Å². The van der Waals surface area contributed by atoms with E-state index in [2.05, 4.69) is 10.3 Å². The van der Waals surface area contributed by atoms with Crippen LogP contribution in [0.3, 0.4) is 0 Å². The Bertz CT molecular complexity index is 163. The van der Waals surface area contributed by atoms with Gasteiger partial charge in [-0.3, -0.25) is 4.99 Å². The van der Waals surface area contributed by atoms with Crippen molar-refractivity contribution in [2.75, 3.05) is 0 Å². The maximum absolute atomic E-state index is 8.22. The van der Waals surface area contributed by atoms with Crippen molar-refractivity contribution in [3.63, 3.8) is 0 Å². The van der Waals surface area contributed by atoms with Crippen LogP contribution in [0.1, 0.15) is 0 Å². The average molecular weight is 106 g/mol. The SMILES string of the molecule is N#C[C]1C=NC=CN1. The molecule has 1 rings (SSSR count). The van der Waals surface area contributed by atoms with Crippen molar-refractivity contribution in [2.45, 2.75) is 0 Å². The highest BCUT2D eigenvalue weighted by Crippen LogP contribution is 1.91. The Hall–Kier alpha value is -1.30. The lowest BCUT2D eigenvalue weighted by molar-refractivity contribution is 1.02. The maximum Gasteiger partial charge on any atom is 0.202 e. The number of hydrogen-bond donors (Lipinski definition) is 1. The Labute approximate surface area is 47.3 Å². The number of rotatable bonds is 0. The molecule has 0 atom stereocenters. The van der Waals surface area contributed by atoms with Gasteiger partial charge in [-0.2, -0.15) is 5.26 Å². The van der Waals surface area contributed by atoms with Crippen LogP contribution in [0.4, 0.5) is 0 Å². The molecule has 8 heavy (non-hydrogen) atoms. The van der Waals surface area contributed by atoms with Gasteiger partial charge in [0.15, 0.2) is 0 Å². The summed E-state index contributed by atoms with van der Waals surface area (Å²) in [5.41, 5.74) is 0. The number of nitriles is 1. The van der Waals surface area contributed by atoms with Gasteiger partial charge in [-0.1, -0.05) is 0 Å². The van der Waals surface area contributed by atoms with E-state index in [-0.39, 0.29) is 0 Å². The molecule has 0 fully saturated rings. The van der Waals surface area contributed by atoms with Crippen molar-refractivity contribution in [1.82, 2.24) is 5.32 Å². The molecule has 0 amide bonds. The Kier molecular flexibility index (Phi) is 1.29. The summed E-state index contributed by atoms with van der Waals surface area (Å²) in [7, 11) is 0. The first kappa shape index (κ1) is 4.85. The Morgan fingerprint density at radius 1 is 1.75 bits per heavy atom. The summed E-state index contributed by atoms with van der Waals surface area (Å²) in [4.78, 5) is 3.70. The van der Waals surface area contributed by atoms with Crippen LogP contribution in [0.2, 0.25) is 0 Å². The molecule has 0 saturated carbocycles. The predicted octanol–water partition coefficient (Wildman–Crippen LogP) is 0.187. The van der Waals surface area contributed by atoms with E-state index < -0.39 is 0 Å². The van der Waals surface area contributed by atoms with Gasteiger partial charge in [0, 0.05) is 18.6 Å². The molecule has 3 nitrogen and oxygen atoms in total. The molecule has 1 aliphatic rings. The summed E-state index contributed by atoms with van der Waals surface area (Å²) in [5, 5.41) is 10.9. The Balaban J connectivity index is 2.55. The summed E-state index contributed by atoms with van der Waals surface area (Å²) in [6.45, 7) is 0. The number of nitrogens with zero attached hydrogens (tertiary/aromatic N) is 2. The highest BCUT2D eigenvalue weighted by atomic mass is 14.9. The number of nitrogens with one attached hydrogen (secondary N) is 1. The molecular formula is C5H4N3. The van der Waals surface area contributed by atoms with Crippen LogP contribution < -0.4 is 5.32 Å². The lowest BCUT2D eigenvalue weighted by Gasteiger charge is -2.01. The first-order chi connectivity index (χ1) is 3.93. The van der Waals surface area contributed by atoms with Crippen LogP contribution in [0.15, 0.2) is 17.4 Å². The van der Waals surface area contributed by atoms with E-state index >= 15 is 0 Å². The number of hydrogen-bond acceptors (Lipinski definition) is 3. The van der Waals surface area contributed by atoms with E-state index in [9.17, 15) is 0 Å². The van der Waals surface area contributed by atoms with Gasteiger partial charge in [-0.25, -0.2) is 0 Å². The second-order valence-corrected chi connectivity index (χ2v) is 1.26. The second kappa shape index (κ2) is 2.12. The molecule has 0 aromatic rings. The van der Waals surface area contributed by atoms with Crippen molar-refractivity contribution < 1.29 is 0 Å². The fourth-order valence-electron chi connectivity index (χ4n) is 0.386. The Morgan fingerprint density at radius 3 is 3.00 bits per heavy atom. The topological polar surface area (TPSA) is 48.2 Å². The normalized spacial score (nSPS) is 17.4. The quantitative estimate of drug-likeness (QED) is 0.479. The molecule has 1 radical (unpaired) electrons. The largest absolute Gasteiger partial charge is 0.365 e. The van der Waals surface area contributed by atoms with Gasteiger partial charge in [-0.15, -0.1) is 0 Å². The van der Waals surface area contributed by atoms with Gasteiger partial charge in [-0.05, 0) is 0 Å². The summed E-state index contributed by atoms with van der Waals surface area (Å²) in [6.07, 6.45) is 4.67. The summed E-state index contributed by atoms with van der Waals surface area (Å²) >= 11 is 0. The summed E-state index contributed by atoms with van der Waals surface area (Å²) in [6, 6.07) is 2.39. The number of aliphatic imine (C=N–C) groups is 1. The van der Waals surface area contributed by atoms with Gasteiger partial charge in [0.1, 0.15) is 6.07 Å². The lowest BCUT2D eigenvalue weighted by Crippen LogP contribution is -2.16.